The van der Waals surface area contributed by atoms with Gasteiger partial charge in [-0.2, -0.15) is 0 Å². The summed E-state index contributed by atoms with van der Waals surface area (Å²) in [5, 5.41) is 81.9. The van der Waals surface area contributed by atoms with Crippen molar-refractivity contribution in [3.05, 3.63) is 70.8 Å². The molecule has 5 rings (SSSR count). The Hall–Kier alpha value is -4.36. The summed E-state index contributed by atoms with van der Waals surface area (Å²) in [7, 11) is 5.63. The van der Waals surface area contributed by atoms with Gasteiger partial charge in [0.05, 0.1) is 60.8 Å². The molecule has 0 unspecified atom stereocenters. The van der Waals surface area contributed by atoms with Crippen molar-refractivity contribution in [3.63, 3.8) is 0 Å². The summed E-state index contributed by atoms with van der Waals surface area (Å²) in [5.41, 5.74) is 2.11. The zero-order chi connectivity index (χ0) is 38.4. The molecule has 2 aliphatic rings. The number of fused-ring (bicyclic) bond motifs is 1. The van der Waals surface area contributed by atoms with Crippen LogP contribution in [-0.2, 0) is 9.47 Å². The van der Waals surface area contributed by atoms with E-state index in [9.17, 15) is 40.9 Å². The molecule has 16 heteroatoms. The Morgan fingerprint density at radius 3 is 2.09 bits per heavy atom. The van der Waals surface area contributed by atoms with Crippen molar-refractivity contribution in [3.8, 4) is 40.2 Å². The summed E-state index contributed by atoms with van der Waals surface area (Å²) >= 11 is 0. The van der Waals surface area contributed by atoms with Crippen LogP contribution in [0.2, 0.25) is 0 Å². The minimum atomic E-state index is -1.65. The monoisotopic (exact) mass is 746 g/mol. The molecular formula is C37H46O16. The molecule has 0 aliphatic carbocycles. The first-order valence-corrected chi connectivity index (χ1v) is 16.7. The maximum atomic E-state index is 11.2. The molecule has 2 heterocycles. The van der Waals surface area contributed by atoms with E-state index in [1.165, 1.54) is 46.6 Å². The number of phenols is 1. The largest absolute Gasteiger partial charge is 0.504 e. The van der Waals surface area contributed by atoms with Crippen molar-refractivity contribution in [2.45, 2.75) is 54.9 Å². The Morgan fingerprint density at radius 1 is 0.811 bits per heavy atom. The second-order valence-electron chi connectivity index (χ2n) is 12.4. The van der Waals surface area contributed by atoms with Crippen LogP contribution in [0.5, 0.6) is 40.2 Å². The molecule has 8 N–H and O–H groups in total. The number of ether oxygens (including phenoxy) is 8. The molecule has 1 fully saturated rings. The standard InChI is InChI=1S/C37H46O16/c1-46-24-12-19(7-8-23(24)41)30(42)28(15-39)51-36-26(48-3)13-20(14-27(36)49-4)34-22(17-50-37-33(45)32(44)31(43)29(16-40)52-37)21-10-18(6-5-9-38)11-25(47-2)35(21)53-34/h5-8,10-14,22,28-34,37-45H,9,15-17H2,1-4H3/b6-5+/t22-,28-,29+,30+,31+,32-,33+,34+,37+/m0/s1. The van der Waals surface area contributed by atoms with Gasteiger partial charge in [-0.3, -0.25) is 0 Å². The molecule has 0 spiro atoms. The van der Waals surface area contributed by atoms with Gasteiger partial charge in [0.1, 0.15) is 36.6 Å². The Morgan fingerprint density at radius 2 is 1.49 bits per heavy atom. The SMILES string of the molecule is COc1cc([C@@H](O)[C@H](CO)Oc2c(OC)cc([C@H]3Oc4c(OC)cc(/C=C/CO)cc4[C@@H]3CO[C@@H]3O[C@H](CO)[C@@H](O)[C@H](O)[C@H]3O)cc2OC)ccc1O. The molecule has 9 atom stereocenters. The minimum Gasteiger partial charge on any atom is -0.504 e. The van der Waals surface area contributed by atoms with Gasteiger partial charge in [0.15, 0.2) is 46.9 Å². The van der Waals surface area contributed by atoms with Crippen LogP contribution in [0.1, 0.15) is 40.4 Å². The van der Waals surface area contributed by atoms with E-state index in [1.54, 1.807) is 30.4 Å². The molecule has 0 amide bonds. The molecule has 0 radical (unpaired) electrons. The highest BCUT2D eigenvalue weighted by molar-refractivity contribution is 5.63. The lowest BCUT2D eigenvalue weighted by Gasteiger charge is -2.40. The molecule has 0 saturated carbocycles. The Balaban J connectivity index is 1.52. The van der Waals surface area contributed by atoms with Gasteiger partial charge in [-0.15, -0.1) is 0 Å². The fourth-order valence-corrected chi connectivity index (χ4v) is 6.36. The number of hydrogen-bond donors (Lipinski definition) is 8. The highest BCUT2D eigenvalue weighted by Crippen LogP contribution is 2.53. The van der Waals surface area contributed by atoms with Crippen LogP contribution in [0.15, 0.2) is 48.5 Å². The fourth-order valence-electron chi connectivity index (χ4n) is 6.36. The smallest absolute Gasteiger partial charge is 0.204 e. The van der Waals surface area contributed by atoms with Gasteiger partial charge in [-0.1, -0.05) is 18.2 Å². The van der Waals surface area contributed by atoms with E-state index in [2.05, 4.69) is 0 Å². The normalized spacial score (nSPS) is 25.0. The number of aliphatic hydroxyl groups is 7. The molecule has 3 aromatic carbocycles. The molecule has 2 aliphatic heterocycles. The maximum absolute atomic E-state index is 11.2. The van der Waals surface area contributed by atoms with Crippen molar-refractivity contribution >= 4 is 6.08 Å². The lowest BCUT2D eigenvalue weighted by Crippen LogP contribution is -2.59. The summed E-state index contributed by atoms with van der Waals surface area (Å²) in [6.07, 6.45) is -7.65. The van der Waals surface area contributed by atoms with Gasteiger partial charge in [0.2, 0.25) is 5.75 Å². The van der Waals surface area contributed by atoms with Crippen LogP contribution in [0, 0.1) is 0 Å². The number of hydrogen-bond acceptors (Lipinski definition) is 16. The summed E-state index contributed by atoms with van der Waals surface area (Å²) in [4.78, 5) is 0. The molecule has 290 valence electrons. The second kappa shape index (κ2) is 17.6. The molecule has 16 nitrogen and oxygen atoms in total. The number of phenolic OH excluding ortho intramolecular Hbond substituents is 1. The predicted octanol–water partition coefficient (Wildman–Crippen LogP) is 0.939. The topological polar surface area (TPSA) is 236 Å². The summed E-state index contributed by atoms with van der Waals surface area (Å²) in [5.74, 6) is 0.464. The molecule has 0 aromatic heterocycles. The quantitative estimate of drug-likeness (QED) is 0.102. The van der Waals surface area contributed by atoms with Crippen molar-refractivity contribution in [1.82, 2.24) is 0 Å². The molecular weight excluding hydrogens is 700 g/mol. The van der Waals surface area contributed by atoms with Gasteiger partial charge in [0.25, 0.3) is 0 Å². The van der Waals surface area contributed by atoms with Crippen LogP contribution < -0.4 is 28.4 Å². The minimum absolute atomic E-state index is 0.0567. The maximum Gasteiger partial charge on any atom is 0.204 e. The number of benzene rings is 3. The molecule has 3 aromatic rings. The number of aromatic hydroxyl groups is 1. The van der Waals surface area contributed by atoms with Crippen molar-refractivity contribution in [1.29, 1.82) is 0 Å². The van der Waals surface area contributed by atoms with Crippen LogP contribution in [0.25, 0.3) is 6.08 Å². The highest BCUT2D eigenvalue weighted by Gasteiger charge is 2.46. The van der Waals surface area contributed by atoms with Gasteiger partial charge < -0.3 is 78.7 Å². The fraction of sp³-hybridized carbons (Fsp3) is 0.459. The summed E-state index contributed by atoms with van der Waals surface area (Å²) in [6.45, 7) is -1.63. The first kappa shape index (κ1) is 39.8. The summed E-state index contributed by atoms with van der Waals surface area (Å²) in [6, 6.07) is 11.0. The second-order valence-corrected chi connectivity index (χ2v) is 12.4. The molecule has 1 saturated heterocycles. The first-order chi connectivity index (χ1) is 25.5. The third kappa shape index (κ3) is 8.26. The van der Waals surface area contributed by atoms with E-state index >= 15 is 0 Å². The van der Waals surface area contributed by atoms with Gasteiger partial charge in [-0.05, 0) is 47.5 Å². The first-order valence-electron chi connectivity index (χ1n) is 16.7. The van der Waals surface area contributed by atoms with E-state index in [-0.39, 0.29) is 42.0 Å². The number of methoxy groups -OCH3 is 4. The van der Waals surface area contributed by atoms with Crippen LogP contribution in [-0.4, -0.2) is 133 Å². The number of aliphatic hydroxyl groups excluding tert-OH is 7. The number of rotatable bonds is 16. The third-order valence-electron chi connectivity index (χ3n) is 9.20. The van der Waals surface area contributed by atoms with E-state index in [0.717, 1.165) is 0 Å². The van der Waals surface area contributed by atoms with Gasteiger partial charge in [0, 0.05) is 11.1 Å². The molecule has 0 bridgehead atoms. The van der Waals surface area contributed by atoms with Crippen molar-refractivity contribution < 1.29 is 78.7 Å². The van der Waals surface area contributed by atoms with Gasteiger partial charge >= 0.3 is 0 Å². The highest BCUT2D eigenvalue weighted by atomic mass is 16.7. The Bertz CT molecular complexity index is 1690. The zero-order valence-corrected chi connectivity index (χ0v) is 29.6. The van der Waals surface area contributed by atoms with Crippen LogP contribution in [0.4, 0.5) is 0 Å². The van der Waals surface area contributed by atoms with Crippen LogP contribution in [0.3, 0.4) is 0 Å². The predicted molar refractivity (Wildman–Crippen MR) is 186 cm³/mol. The van der Waals surface area contributed by atoms with E-state index < -0.39 is 68.1 Å². The summed E-state index contributed by atoms with van der Waals surface area (Å²) < 4.78 is 46.5. The van der Waals surface area contributed by atoms with E-state index in [0.29, 0.717) is 33.8 Å². The Labute approximate surface area is 305 Å². The van der Waals surface area contributed by atoms with E-state index in [1.807, 2.05) is 6.07 Å². The van der Waals surface area contributed by atoms with Crippen molar-refractivity contribution in [2.75, 3.05) is 54.9 Å². The third-order valence-corrected chi connectivity index (χ3v) is 9.20. The van der Waals surface area contributed by atoms with E-state index in [4.69, 9.17) is 37.9 Å². The average molecular weight is 747 g/mol. The average Bonchev–Trinajstić information content (AvgIpc) is 3.55. The lowest BCUT2D eigenvalue weighted by molar-refractivity contribution is -0.302. The van der Waals surface area contributed by atoms with Crippen molar-refractivity contribution in [2.24, 2.45) is 0 Å². The lowest BCUT2D eigenvalue weighted by atomic mass is 9.90. The zero-order valence-electron chi connectivity index (χ0n) is 29.6. The van der Waals surface area contributed by atoms with Crippen LogP contribution >= 0.6 is 0 Å². The van der Waals surface area contributed by atoms with Gasteiger partial charge in [-0.25, -0.2) is 0 Å². The molecule has 53 heavy (non-hydrogen) atoms. The Kier molecular flexibility index (Phi) is 13.3.